The molecule has 1 N–H and O–H groups in total. The van der Waals surface area contributed by atoms with Crippen LogP contribution in [0.5, 0.6) is 0 Å². The van der Waals surface area contributed by atoms with Gasteiger partial charge in [0, 0.05) is 32.0 Å². The summed E-state index contributed by atoms with van der Waals surface area (Å²) in [5.74, 6) is 2.07. The Morgan fingerprint density at radius 2 is 2.00 bits per heavy atom. The van der Waals surface area contributed by atoms with Crippen molar-refractivity contribution in [3.8, 4) is 11.4 Å². The summed E-state index contributed by atoms with van der Waals surface area (Å²) in [6, 6.07) is -0.434. The third kappa shape index (κ3) is 4.27. The first-order chi connectivity index (χ1) is 15.4. The van der Waals surface area contributed by atoms with Gasteiger partial charge < -0.3 is 19.5 Å². The van der Waals surface area contributed by atoms with E-state index in [0.29, 0.717) is 49.0 Å². The van der Waals surface area contributed by atoms with Gasteiger partial charge in [0.15, 0.2) is 17.0 Å². The highest BCUT2D eigenvalue weighted by Gasteiger charge is 2.31. The molecule has 1 aliphatic heterocycles. The maximum atomic E-state index is 13.3. The second-order valence-corrected chi connectivity index (χ2v) is 8.42. The first-order valence-electron chi connectivity index (χ1n) is 11.1. The van der Waals surface area contributed by atoms with Crippen LogP contribution in [-0.2, 0) is 16.1 Å². The summed E-state index contributed by atoms with van der Waals surface area (Å²) in [5.41, 5.74) is 2.13. The van der Waals surface area contributed by atoms with E-state index in [1.807, 2.05) is 44.1 Å². The molecule has 0 radical (unpaired) electrons. The molecule has 0 aromatic carbocycles. The first-order valence-corrected chi connectivity index (χ1v) is 11.1. The molecule has 1 aliphatic rings. The Hall–Kier alpha value is -3.14. The van der Waals surface area contributed by atoms with Crippen molar-refractivity contribution in [2.75, 3.05) is 25.0 Å². The van der Waals surface area contributed by atoms with Crippen molar-refractivity contribution in [3.05, 3.63) is 24.5 Å². The summed E-state index contributed by atoms with van der Waals surface area (Å²) in [4.78, 5) is 37.5. The van der Waals surface area contributed by atoms with E-state index >= 15 is 0 Å². The molecule has 2 atom stereocenters. The number of amides is 1. The maximum Gasteiger partial charge on any atom is 0.245 e. The molecule has 0 unspecified atom stereocenters. The lowest BCUT2D eigenvalue weighted by atomic mass is 10.0. The largest absolute Gasteiger partial charge is 0.375 e. The number of rotatable bonds is 6. The Morgan fingerprint density at radius 1 is 1.25 bits per heavy atom. The van der Waals surface area contributed by atoms with Crippen LogP contribution < -0.4 is 5.32 Å². The van der Waals surface area contributed by atoms with E-state index in [2.05, 4.69) is 25.3 Å². The van der Waals surface area contributed by atoms with Gasteiger partial charge in [0.25, 0.3) is 0 Å². The van der Waals surface area contributed by atoms with E-state index in [1.165, 1.54) is 6.33 Å². The predicted octanol–water partition coefficient (Wildman–Crippen LogP) is 2.30. The van der Waals surface area contributed by atoms with Gasteiger partial charge in [0.2, 0.25) is 5.91 Å². The summed E-state index contributed by atoms with van der Waals surface area (Å²) in [5, 5.41) is 3.37. The number of fused-ring (bicyclic) bond motifs is 1. The van der Waals surface area contributed by atoms with Crippen molar-refractivity contribution in [3.63, 3.8) is 0 Å². The lowest BCUT2D eigenvalue weighted by molar-refractivity contribution is -0.139. The summed E-state index contributed by atoms with van der Waals surface area (Å²) in [6.07, 6.45) is 5.06. The molecule has 4 heterocycles. The minimum atomic E-state index is -0.434. The standard InChI is InChI=1S/C22H30N8O2/c1-6-30-20(16-9-23-15(5)24-10-16)28-18-19(25-12-26-21(18)30)27-17(13(2)3)22(31)29-7-8-32-14(4)11-29/h9-10,12-14,17H,6-8,11H2,1-5H3,(H,25,26,27)/t14-,17-/m0/s1. The number of carbonyl (C=O) groups excluding carboxylic acids is 1. The smallest absolute Gasteiger partial charge is 0.245 e. The fraction of sp³-hybridized carbons (Fsp3) is 0.545. The normalized spacial score (nSPS) is 17.7. The second-order valence-electron chi connectivity index (χ2n) is 8.42. The predicted molar refractivity (Wildman–Crippen MR) is 121 cm³/mol. The van der Waals surface area contributed by atoms with Crippen molar-refractivity contribution in [1.82, 2.24) is 34.4 Å². The Morgan fingerprint density at radius 3 is 2.66 bits per heavy atom. The van der Waals surface area contributed by atoms with Crippen LogP contribution in [0.1, 0.15) is 33.5 Å². The molecule has 10 heteroatoms. The van der Waals surface area contributed by atoms with Gasteiger partial charge in [0.05, 0.1) is 18.3 Å². The van der Waals surface area contributed by atoms with Gasteiger partial charge in [-0.2, -0.15) is 0 Å². The number of hydrogen-bond acceptors (Lipinski definition) is 8. The fourth-order valence-corrected chi connectivity index (χ4v) is 3.95. The first kappa shape index (κ1) is 22.1. The van der Waals surface area contributed by atoms with Crippen LogP contribution in [0.4, 0.5) is 5.82 Å². The van der Waals surface area contributed by atoms with Crippen LogP contribution in [0.25, 0.3) is 22.6 Å². The fourth-order valence-electron chi connectivity index (χ4n) is 3.95. The van der Waals surface area contributed by atoms with Gasteiger partial charge in [-0.1, -0.05) is 13.8 Å². The number of hydrogen-bond donors (Lipinski definition) is 1. The molecule has 3 aromatic rings. The number of carbonyl (C=O) groups is 1. The van der Waals surface area contributed by atoms with E-state index < -0.39 is 6.04 Å². The van der Waals surface area contributed by atoms with Crippen LogP contribution >= 0.6 is 0 Å². The van der Waals surface area contributed by atoms with Crippen molar-refractivity contribution < 1.29 is 9.53 Å². The zero-order valence-corrected chi connectivity index (χ0v) is 19.2. The number of imidazole rings is 1. The van der Waals surface area contributed by atoms with Gasteiger partial charge in [-0.05, 0) is 26.7 Å². The molecule has 0 spiro atoms. The summed E-state index contributed by atoms with van der Waals surface area (Å²) < 4.78 is 7.60. The van der Waals surface area contributed by atoms with Crippen LogP contribution in [0.2, 0.25) is 0 Å². The number of ether oxygens (including phenoxy) is 1. The maximum absolute atomic E-state index is 13.3. The second kappa shape index (κ2) is 9.15. The van der Waals surface area contributed by atoms with Crippen LogP contribution in [-0.4, -0.2) is 72.1 Å². The number of aromatic nitrogens is 6. The Kier molecular flexibility index (Phi) is 6.31. The quantitative estimate of drug-likeness (QED) is 0.624. The highest BCUT2D eigenvalue weighted by Crippen LogP contribution is 2.27. The number of nitrogens with one attached hydrogen (secondary N) is 1. The molecule has 0 bridgehead atoms. The van der Waals surface area contributed by atoms with Gasteiger partial charge in [0.1, 0.15) is 24.0 Å². The average molecular weight is 439 g/mol. The average Bonchev–Trinajstić information content (AvgIpc) is 3.16. The minimum absolute atomic E-state index is 0.0332. The Bertz CT molecular complexity index is 1100. The number of aryl methyl sites for hydroxylation is 2. The van der Waals surface area contributed by atoms with E-state index in [0.717, 1.165) is 11.4 Å². The zero-order valence-electron chi connectivity index (χ0n) is 19.2. The Labute approximate surface area is 187 Å². The molecule has 4 rings (SSSR count). The van der Waals surface area contributed by atoms with Crippen LogP contribution in [0, 0.1) is 12.8 Å². The van der Waals surface area contributed by atoms with E-state index in [-0.39, 0.29) is 17.9 Å². The van der Waals surface area contributed by atoms with Crippen molar-refractivity contribution >= 4 is 22.9 Å². The monoisotopic (exact) mass is 438 g/mol. The SMILES string of the molecule is CCn1c(-c2cnc(C)nc2)nc2c(N[C@H](C(=O)N3CCO[C@@H](C)C3)C(C)C)ncnc21. The summed E-state index contributed by atoms with van der Waals surface area (Å²) in [7, 11) is 0. The molecule has 10 nitrogen and oxygen atoms in total. The van der Waals surface area contributed by atoms with E-state index in [1.54, 1.807) is 12.4 Å². The lowest BCUT2D eigenvalue weighted by Gasteiger charge is -2.35. The van der Waals surface area contributed by atoms with Crippen LogP contribution in [0.3, 0.4) is 0 Å². The molecule has 0 saturated carbocycles. The molecule has 1 fully saturated rings. The molecule has 1 saturated heterocycles. The molecule has 32 heavy (non-hydrogen) atoms. The Balaban J connectivity index is 1.70. The highest BCUT2D eigenvalue weighted by molar-refractivity contribution is 5.90. The third-order valence-electron chi connectivity index (χ3n) is 5.67. The van der Waals surface area contributed by atoms with Gasteiger partial charge in [-0.3, -0.25) is 4.79 Å². The molecule has 3 aromatic heterocycles. The molecular formula is C22H30N8O2. The minimum Gasteiger partial charge on any atom is -0.375 e. The van der Waals surface area contributed by atoms with Gasteiger partial charge >= 0.3 is 0 Å². The molecule has 1 amide bonds. The summed E-state index contributed by atoms with van der Waals surface area (Å²) >= 11 is 0. The van der Waals surface area contributed by atoms with E-state index in [9.17, 15) is 4.79 Å². The topological polar surface area (TPSA) is 111 Å². The van der Waals surface area contributed by atoms with Gasteiger partial charge in [-0.25, -0.2) is 24.9 Å². The molecule has 0 aliphatic carbocycles. The zero-order chi connectivity index (χ0) is 22.8. The number of nitrogens with zero attached hydrogens (tertiary/aromatic N) is 7. The lowest BCUT2D eigenvalue weighted by Crippen LogP contribution is -2.51. The van der Waals surface area contributed by atoms with E-state index in [4.69, 9.17) is 9.72 Å². The molecule has 170 valence electrons. The van der Waals surface area contributed by atoms with Gasteiger partial charge in [-0.15, -0.1) is 0 Å². The highest BCUT2D eigenvalue weighted by atomic mass is 16.5. The number of morpholine rings is 1. The van der Waals surface area contributed by atoms with Crippen molar-refractivity contribution in [2.24, 2.45) is 5.92 Å². The summed E-state index contributed by atoms with van der Waals surface area (Å²) in [6.45, 7) is 12.3. The van der Waals surface area contributed by atoms with Crippen LogP contribution in [0.15, 0.2) is 18.7 Å². The van der Waals surface area contributed by atoms with Crippen molar-refractivity contribution in [2.45, 2.75) is 53.3 Å². The molecular weight excluding hydrogens is 408 g/mol. The van der Waals surface area contributed by atoms with Crippen molar-refractivity contribution in [1.29, 1.82) is 0 Å². The number of anilines is 1. The third-order valence-corrected chi connectivity index (χ3v) is 5.67.